The van der Waals surface area contributed by atoms with Gasteiger partial charge in [0.25, 0.3) is 5.91 Å². The highest BCUT2D eigenvalue weighted by atomic mass is 19.1. The molecule has 2 amide bonds. The molecule has 6 rings (SSSR count). The fourth-order valence-corrected chi connectivity index (χ4v) is 8.16. The van der Waals surface area contributed by atoms with Gasteiger partial charge in [-0.05, 0) is 118 Å². The molecule has 2 aliphatic heterocycles. The number of pyridine rings is 1. The molecule has 3 N–H and O–H groups in total. The molecule has 3 fully saturated rings. The Morgan fingerprint density at radius 2 is 1.75 bits per heavy atom. The molecule has 302 valence electrons. The highest BCUT2D eigenvalue weighted by Gasteiger charge is 2.40. The van der Waals surface area contributed by atoms with Gasteiger partial charge in [-0.3, -0.25) is 4.79 Å². The Labute approximate surface area is 325 Å². The third-order valence-corrected chi connectivity index (χ3v) is 11.7. The summed E-state index contributed by atoms with van der Waals surface area (Å²) in [7, 11) is 1.55. The third-order valence-electron chi connectivity index (χ3n) is 11.7. The lowest BCUT2D eigenvalue weighted by atomic mass is 9.83. The second-order valence-corrected chi connectivity index (χ2v) is 17.3. The van der Waals surface area contributed by atoms with Gasteiger partial charge in [0.15, 0.2) is 0 Å². The predicted molar refractivity (Wildman–Crippen MR) is 214 cm³/mol. The van der Waals surface area contributed by atoms with Crippen LogP contribution in [-0.2, 0) is 9.47 Å². The van der Waals surface area contributed by atoms with Gasteiger partial charge in [0.05, 0.1) is 23.2 Å². The fourth-order valence-electron chi connectivity index (χ4n) is 8.16. The third kappa shape index (κ3) is 10.4. The number of aromatic nitrogens is 4. The number of rotatable bonds is 12. The Balaban J connectivity index is 0.973. The number of alkyl carbamates (subject to hydrolysis) is 1. The van der Waals surface area contributed by atoms with Crippen LogP contribution in [0, 0.1) is 5.92 Å². The second kappa shape index (κ2) is 17.4. The minimum absolute atomic E-state index is 0.0696. The van der Waals surface area contributed by atoms with Crippen molar-refractivity contribution < 1.29 is 23.5 Å². The number of halogens is 1. The average molecular weight is 764 g/mol. The zero-order chi connectivity index (χ0) is 39.3. The van der Waals surface area contributed by atoms with Crippen molar-refractivity contribution in [3.8, 4) is 0 Å². The maximum atomic E-state index is 14.9. The van der Waals surface area contributed by atoms with E-state index < -0.39 is 17.4 Å². The van der Waals surface area contributed by atoms with Gasteiger partial charge in [-0.1, -0.05) is 0 Å². The van der Waals surface area contributed by atoms with Crippen molar-refractivity contribution in [3.05, 3.63) is 36.3 Å². The van der Waals surface area contributed by atoms with Gasteiger partial charge < -0.3 is 39.8 Å². The SMILES string of the molecule is CO[C@@]1(C)CCN(c2nccc(Nc3cc4c(cn3)c(C(=O)NC3CCN(CCCC5CCC(NC(=O)OC(C)(C)C)CC5)CC3)cn4C(C)C)n2)C[C@@H]1F. The molecule has 3 aromatic rings. The summed E-state index contributed by atoms with van der Waals surface area (Å²) in [5, 5.41) is 10.5. The van der Waals surface area contributed by atoms with Crippen LogP contribution in [0.3, 0.4) is 0 Å². The van der Waals surface area contributed by atoms with E-state index in [1.54, 1.807) is 32.5 Å². The zero-order valence-electron chi connectivity index (χ0n) is 33.9. The number of carbonyl (C=O) groups is 2. The number of hydrogen-bond donors (Lipinski definition) is 3. The molecular weight excluding hydrogens is 702 g/mol. The van der Waals surface area contributed by atoms with Gasteiger partial charge in [-0.2, -0.15) is 4.98 Å². The number of likely N-dealkylation sites (tertiary alicyclic amines) is 1. The summed E-state index contributed by atoms with van der Waals surface area (Å²) in [5.74, 6) is 2.24. The van der Waals surface area contributed by atoms with Crippen molar-refractivity contribution in [3.63, 3.8) is 0 Å². The second-order valence-electron chi connectivity index (χ2n) is 17.3. The van der Waals surface area contributed by atoms with Gasteiger partial charge in [-0.15, -0.1) is 0 Å². The van der Waals surface area contributed by atoms with Crippen molar-refractivity contribution >= 4 is 40.5 Å². The molecule has 55 heavy (non-hydrogen) atoms. The number of hydrogen-bond acceptors (Lipinski definition) is 10. The van der Waals surface area contributed by atoms with Crippen molar-refractivity contribution in [1.29, 1.82) is 0 Å². The lowest BCUT2D eigenvalue weighted by Gasteiger charge is -2.41. The van der Waals surface area contributed by atoms with E-state index >= 15 is 0 Å². The van der Waals surface area contributed by atoms with Crippen molar-refractivity contribution in [2.45, 2.75) is 135 Å². The summed E-state index contributed by atoms with van der Waals surface area (Å²) >= 11 is 0. The van der Waals surface area contributed by atoms with E-state index in [-0.39, 0.29) is 36.7 Å². The molecule has 0 bridgehead atoms. The molecule has 1 saturated carbocycles. The van der Waals surface area contributed by atoms with Gasteiger partial charge in [0.2, 0.25) is 5.95 Å². The first-order valence-electron chi connectivity index (χ1n) is 20.3. The van der Waals surface area contributed by atoms with Crippen LogP contribution in [0.15, 0.2) is 30.7 Å². The quantitative estimate of drug-likeness (QED) is 0.174. The Hall–Kier alpha value is -4.04. The van der Waals surface area contributed by atoms with Gasteiger partial charge in [0, 0.05) is 74.9 Å². The summed E-state index contributed by atoms with van der Waals surface area (Å²) in [6.45, 7) is 15.5. The summed E-state index contributed by atoms with van der Waals surface area (Å²) in [4.78, 5) is 44.0. The van der Waals surface area contributed by atoms with Gasteiger partial charge in [-0.25, -0.2) is 19.2 Å². The molecular formula is C41H62FN9O4. The molecule has 0 spiro atoms. The zero-order valence-corrected chi connectivity index (χ0v) is 33.9. The number of alkyl halides is 1. The monoisotopic (exact) mass is 763 g/mol. The first-order chi connectivity index (χ1) is 26.2. The number of methoxy groups -OCH3 is 1. The molecule has 1 aliphatic carbocycles. The topological polar surface area (TPSA) is 139 Å². The minimum Gasteiger partial charge on any atom is -0.444 e. The Kier molecular flexibility index (Phi) is 12.9. The van der Waals surface area contributed by atoms with E-state index in [1.807, 2.05) is 37.9 Å². The van der Waals surface area contributed by atoms with Crippen molar-refractivity contribution in [1.82, 2.24) is 35.1 Å². The number of piperidine rings is 2. The Bertz CT molecular complexity index is 1760. The predicted octanol–water partition coefficient (Wildman–Crippen LogP) is 7.16. The average Bonchev–Trinajstić information content (AvgIpc) is 3.53. The van der Waals surface area contributed by atoms with E-state index in [9.17, 15) is 14.0 Å². The van der Waals surface area contributed by atoms with Crippen LogP contribution in [0.5, 0.6) is 0 Å². The standard InChI is InChI=1S/C41H62FN9O4/c1-27(2)51-25-32(31-24-44-36(23-33(31)51)47-35-14-18-43-38(48-35)50-22-17-41(6,54-7)34(42)26-50)37(52)45-30-15-20-49(21-16-30)19-8-9-28-10-12-29(13-11-28)46-39(53)55-40(3,4)5/h14,18,23-25,27-30,34H,8-13,15-17,19-22,26H2,1-7H3,(H,45,52)(H,46,53)(H,43,44,47,48)/t28?,29?,34-,41-/m0/s1. The van der Waals surface area contributed by atoms with E-state index in [1.165, 1.54) is 12.8 Å². The molecule has 0 aromatic carbocycles. The lowest BCUT2D eigenvalue weighted by Crippen LogP contribution is -2.53. The van der Waals surface area contributed by atoms with E-state index in [0.717, 1.165) is 69.1 Å². The van der Waals surface area contributed by atoms with Crippen LogP contribution in [0.2, 0.25) is 0 Å². The van der Waals surface area contributed by atoms with E-state index in [0.29, 0.717) is 42.0 Å². The highest BCUT2D eigenvalue weighted by Crippen LogP contribution is 2.32. The summed E-state index contributed by atoms with van der Waals surface area (Å²) in [6.07, 6.45) is 13.0. The molecule has 0 radical (unpaired) electrons. The van der Waals surface area contributed by atoms with Crippen LogP contribution in [0.1, 0.15) is 116 Å². The Morgan fingerprint density at radius 1 is 1.02 bits per heavy atom. The number of amides is 2. The van der Waals surface area contributed by atoms with Crippen LogP contribution >= 0.6 is 0 Å². The normalized spacial score (nSPS) is 24.2. The van der Waals surface area contributed by atoms with Crippen molar-refractivity contribution in [2.75, 3.05) is 50.1 Å². The molecule has 2 saturated heterocycles. The molecule has 2 atom stereocenters. The summed E-state index contributed by atoms with van der Waals surface area (Å²) in [5.41, 5.74) is 0.250. The number of ether oxygens (including phenoxy) is 2. The highest BCUT2D eigenvalue weighted by molar-refractivity contribution is 6.07. The molecule has 3 aliphatic rings. The smallest absolute Gasteiger partial charge is 0.407 e. The molecule has 3 aromatic heterocycles. The van der Waals surface area contributed by atoms with Crippen LogP contribution in [0.4, 0.5) is 26.8 Å². The number of fused-ring (bicyclic) bond motifs is 1. The fraction of sp³-hybridized carbons (Fsp3) is 0.683. The summed E-state index contributed by atoms with van der Waals surface area (Å²) in [6, 6.07) is 4.18. The van der Waals surface area contributed by atoms with Crippen LogP contribution in [0.25, 0.3) is 10.9 Å². The van der Waals surface area contributed by atoms with E-state index in [4.69, 9.17) is 9.47 Å². The van der Waals surface area contributed by atoms with Crippen LogP contribution in [-0.4, -0.2) is 106 Å². The van der Waals surface area contributed by atoms with Gasteiger partial charge >= 0.3 is 6.09 Å². The number of nitrogens with zero attached hydrogens (tertiary/aromatic N) is 6. The number of nitrogens with one attached hydrogen (secondary N) is 3. The first kappa shape index (κ1) is 40.6. The molecule has 14 heteroatoms. The minimum atomic E-state index is -1.16. The van der Waals surface area contributed by atoms with Gasteiger partial charge in [0.1, 0.15) is 23.4 Å². The largest absolute Gasteiger partial charge is 0.444 e. The van der Waals surface area contributed by atoms with Crippen molar-refractivity contribution in [2.24, 2.45) is 5.92 Å². The number of anilines is 3. The number of carbonyl (C=O) groups excluding carboxylic acids is 2. The lowest BCUT2D eigenvalue weighted by molar-refractivity contribution is -0.0679. The maximum Gasteiger partial charge on any atom is 0.407 e. The summed E-state index contributed by atoms with van der Waals surface area (Å²) < 4.78 is 27.9. The first-order valence-corrected chi connectivity index (χ1v) is 20.3. The van der Waals surface area contributed by atoms with E-state index in [2.05, 4.69) is 54.2 Å². The molecule has 5 heterocycles. The maximum absolute atomic E-state index is 14.9. The van der Waals surface area contributed by atoms with Crippen LogP contribution < -0.4 is 20.9 Å². The molecule has 0 unspecified atom stereocenters. The Morgan fingerprint density at radius 3 is 2.42 bits per heavy atom. The molecule has 13 nitrogen and oxygen atoms in total.